The summed E-state index contributed by atoms with van der Waals surface area (Å²) in [6.45, 7) is 0.607. The van der Waals surface area contributed by atoms with Gasteiger partial charge < -0.3 is 15.1 Å². The van der Waals surface area contributed by atoms with E-state index in [0.29, 0.717) is 29.9 Å². The van der Waals surface area contributed by atoms with Crippen molar-refractivity contribution in [3.05, 3.63) is 84.0 Å². The number of halogens is 1. The number of pyridine rings is 1. The second kappa shape index (κ2) is 9.09. The Morgan fingerprint density at radius 1 is 1.13 bits per heavy atom. The van der Waals surface area contributed by atoms with Crippen LogP contribution < -0.4 is 15.5 Å². The van der Waals surface area contributed by atoms with Crippen molar-refractivity contribution >= 4 is 28.8 Å². The first-order valence-electron chi connectivity index (χ1n) is 13.3. The van der Waals surface area contributed by atoms with E-state index in [1.165, 1.54) is 12.5 Å². The molecule has 9 heteroatoms. The third-order valence-corrected chi connectivity index (χ3v) is 8.19. The molecule has 4 atom stereocenters. The fraction of sp³-hybridized carbons (Fsp3) is 0.345. The van der Waals surface area contributed by atoms with E-state index < -0.39 is 5.95 Å². The summed E-state index contributed by atoms with van der Waals surface area (Å²) >= 11 is 0. The first kappa shape index (κ1) is 23.2. The predicted molar refractivity (Wildman–Crippen MR) is 144 cm³/mol. The quantitative estimate of drug-likeness (QED) is 0.491. The van der Waals surface area contributed by atoms with Crippen LogP contribution in [0, 0.1) is 11.9 Å². The summed E-state index contributed by atoms with van der Waals surface area (Å²) in [5.41, 5.74) is 3.08. The summed E-state index contributed by atoms with van der Waals surface area (Å²) in [7, 11) is 1.87. The fourth-order valence-electron chi connectivity index (χ4n) is 6.31. The van der Waals surface area contributed by atoms with Crippen LogP contribution in [0.15, 0.2) is 66.8 Å². The highest BCUT2D eigenvalue weighted by Crippen LogP contribution is 2.43. The van der Waals surface area contributed by atoms with Gasteiger partial charge in [-0.2, -0.15) is 9.49 Å². The zero-order chi connectivity index (χ0) is 25.8. The zero-order valence-electron chi connectivity index (χ0n) is 21.2. The smallest absolute Gasteiger partial charge is 0.263 e. The van der Waals surface area contributed by atoms with Crippen LogP contribution in [0.1, 0.15) is 41.7 Å². The summed E-state index contributed by atoms with van der Waals surface area (Å²) in [5, 5.41) is 12.3. The maximum absolute atomic E-state index is 13.7. The van der Waals surface area contributed by atoms with Crippen molar-refractivity contribution in [2.24, 2.45) is 5.92 Å². The van der Waals surface area contributed by atoms with E-state index in [0.717, 1.165) is 42.2 Å². The van der Waals surface area contributed by atoms with Crippen LogP contribution in [0.5, 0.6) is 0 Å². The summed E-state index contributed by atoms with van der Waals surface area (Å²) in [6.07, 6.45) is 10.2. The molecule has 2 N–H and O–H groups in total. The Bertz CT molecular complexity index is 1450. The molecule has 38 heavy (non-hydrogen) atoms. The van der Waals surface area contributed by atoms with Crippen LogP contribution in [0.25, 0.3) is 5.57 Å². The van der Waals surface area contributed by atoms with Gasteiger partial charge in [0.25, 0.3) is 5.91 Å². The first-order valence-corrected chi connectivity index (χ1v) is 13.3. The fourth-order valence-corrected chi connectivity index (χ4v) is 6.31. The molecule has 194 valence electrons. The molecule has 0 spiro atoms. The molecule has 1 saturated carbocycles. The highest BCUT2D eigenvalue weighted by atomic mass is 19.1. The molecule has 4 aliphatic rings. The Morgan fingerprint density at radius 2 is 2.00 bits per heavy atom. The molecule has 3 aromatic rings. The van der Waals surface area contributed by atoms with E-state index in [4.69, 9.17) is 5.10 Å². The molecule has 1 saturated heterocycles. The van der Waals surface area contributed by atoms with Gasteiger partial charge in [-0.3, -0.25) is 10.1 Å². The molecular formula is C29H30FN7O. The lowest BCUT2D eigenvalue weighted by atomic mass is 9.95. The van der Waals surface area contributed by atoms with Crippen molar-refractivity contribution in [1.29, 1.82) is 0 Å². The van der Waals surface area contributed by atoms with Crippen molar-refractivity contribution in [2.75, 3.05) is 17.3 Å². The number of nitrogens with one attached hydrogen (secondary N) is 2. The lowest BCUT2D eigenvalue weighted by Crippen LogP contribution is -2.56. The molecule has 0 radical (unpaired) electrons. The van der Waals surface area contributed by atoms with Gasteiger partial charge in [-0.25, -0.2) is 9.67 Å². The van der Waals surface area contributed by atoms with E-state index in [1.54, 1.807) is 6.07 Å². The number of carbonyl (C=O) groups is 1. The monoisotopic (exact) mass is 511 g/mol. The molecule has 2 aliphatic heterocycles. The Balaban J connectivity index is 1.24. The van der Waals surface area contributed by atoms with E-state index >= 15 is 0 Å². The number of benzene rings is 1. The Labute approximate surface area is 220 Å². The van der Waals surface area contributed by atoms with Gasteiger partial charge >= 0.3 is 0 Å². The second-order valence-electron chi connectivity index (χ2n) is 10.5. The van der Waals surface area contributed by atoms with E-state index in [-0.39, 0.29) is 18.1 Å². The van der Waals surface area contributed by atoms with Gasteiger partial charge in [0.2, 0.25) is 5.95 Å². The van der Waals surface area contributed by atoms with Crippen molar-refractivity contribution in [2.45, 2.75) is 50.6 Å². The van der Waals surface area contributed by atoms with Crippen LogP contribution in [0.3, 0.4) is 0 Å². The molecule has 4 heterocycles. The SMILES string of the molecule is CN1C(=O)c2c(nn(CC3C=CC(c4cccc(F)n4)=CC3)c2Nc2ccccc2)N2C1N[C@@H]1CCC[C@@H]12. The van der Waals surface area contributed by atoms with Gasteiger partial charge in [0.1, 0.15) is 11.4 Å². The number of fused-ring (bicyclic) bond motifs is 5. The standard InChI is InChI=1S/C29H30FN7O/c1-35-28(38)25-26(31-20-7-3-2-4-8-20)36(34-27(25)37-23-11-5-10-22(23)33-29(35)37)17-18-13-15-19(16-14-18)21-9-6-12-24(30)32-21/h2-4,6-9,12-13,15-16,18,22-23,29,31,33H,5,10-11,14,17H2,1H3/t18?,22-,23+,29?/m1/s1. The number of amides is 1. The minimum atomic E-state index is -0.480. The van der Waals surface area contributed by atoms with Crippen LogP contribution >= 0.6 is 0 Å². The molecule has 0 bridgehead atoms. The molecule has 1 aromatic carbocycles. The summed E-state index contributed by atoms with van der Waals surface area (Å²) in [5.74, 6) is 1.14. The van der Waals surface area contributed by atoms with E-state index in [2.05, 4.69) is 32.7 Å². The number of anilines is 3. The summed E-state index contributed by atoms with van der Waals surface area (Å²) in [4.78, 5) is 21.9. The second-order valence-corrected chi connectivity index (χ2v) is 10.5. The summed E-state index contributed by atoms with van der Waals surface area (Å²) in [6, 6.07) is 15.5. The number of hydrogen-bond donors (Lipinski definition) is 2. The average Bonchev–Trinajstić information content (AvgIpc) is 3.62. The minimum Gasteiger partial charge on any atom is -0.340 e. The topological polar surface area (TPSA) is 78.3 Å². The lowest BCUT2D eigenvalue weighted by molar-refractivity contribution is 0.0695. The molecule has 8 nitrogen and oxygen atoms in total. The number of aromatic nitrogens is 3. The van der Waals surface area contributed by atoms with Crippen LogP contribution in [-0.2, 0) is 6.54 Å². The molecule has 2 aromatic heterocycles. The maximum Gasteiger partial charge on any atom is 0.263 e. The minimum absolute atomic E-state index is 0.0306. The van der Waals surface area contributed by atoms with Crippen molar-refractivity contribution in [3.8, 4) is 0 Å². The Morgan fingerprint density at radius 3 is 2.79 bits per heavy atom. The van der Waals surface area contributed by atoms with Crippen molar-refractivity contribution < 1.29 is 9.18 Å². The van der Waals surface area contributed by atoms with E-state index in [1.807, 2.05) is 59.1 Å². The van der Waals surface area contributed by atoms with Crippen molar-refractivity contribution in [1.82, 2.24) is 25.0 Å². The lowest BCUT2D eigenvalue weighted by Gasteiger charge is -2.39. The van der Waals surface area contributed by atoms with Gasteiger partial charge in [0.15, 0.2) is 12.1 Å². The first-order chi connectivity index (χ1) is 18.6. The maximum atomic E-state index is 13.7. The van der Waals surface area contributed by atoms with Crippen LogP contribution in [0.2, 0.25) is 0 Å². The highest BCUT2D eigenvalue weighted by Gasteiger charge is 2.52. The average molecular weight is 512 g/mol. The predicted octanol–water partition coefficient (Wildman–Crippen LogP) is 4.52. The molecule has 2 fully saturated rings. The van der Waals surface area contributed by atoms with Gasteiger partial charge in [-0.15, -0.1) is 0 Å². The normalized spacial score (nSPS) is 25.7. The number of para-hydroxylation sites is 1. The van der Waals surface area contributed by atoms with Crippen LogP contribution in [0.4, 0.5) is 21.7 Å². The molecular weight excluding hydrogens is 481 g/mol. The van der Waals surface area contributed by atoms with Crippen molar-refractivity contribution in [3.63, 3.8) is 0 Å². The number of rotatable bonds is 5. The number of carbonyl (C=O) groups excluding carboxylic acids is 1. The third kappa shape index (κ3) is 3.80. The number of nitrogens with zero attached hydrogens (tertiary/aromatic N) is 5. The number of hydrogen-bond acceptors (Lipinski definition) is 6. The van der Waals surface area contributed by atoms with Gasteiger partial charge in [0.05, 0.1) is 5.69 Å². The van der Waals surface area contributed by atoms with Gasteiger partial charge in [-0.1, -0.05) is 42.5 Å². The van der Waals surface area contributed by atoms with Crippen LogP contribution in [-0.4, -0.2) is 51.0 Å². The third-order valence-electron chi connectivity index (χ3n) is 8.19. The zero-order valence-corrected chi connectivity index (χ0v) is 21.2. The van der Waals surface area contributed by atoms with Gasteiger partial charge in [0, 0.05) is 37.3 Å². The largest absolute Gasteiger partial charge is 0.340 e. The van der Waals surface area contributed by atoms with Gasteiger partial charge in [-0.05, 0) is 55.5 Å². The summed E-state index contributed by atoms with van der Waals surface area (Å²) < 4.78 is 15.6. The highest BCUT2D eigenvalue weighted by molar-refractivity contribution is 6.06. The van der Waals surface area contributed by atoms with E-state index in [9.17, 15) is 9.18 Å². The molecule has 2 aliphatic carbocycles. The molecule has 7 rings (SSSR count). The number of allylic oxidation sites excluding steroid dienone is 4. The Kier molecular flexibility index (Phi) is 5.54. The molecule has 1 amide bonds. The molecule has 2 unspecified atom stereocenters. The Hall–Kier alpha value is -3.98.